The quantitative estimate of drug-likeness (QED) is 0.820. The molecule has 86 valence electrons. The average molecular weight is 223 g/mol. The fourth-order valence-electron chi connectivity index (χ4n) is 1.10. The van der Waals surface area contributed by atoms with Gasteiger partial charge in [-0.1, -0.05) is 24.3 Å². The molecule has 1 aromatic rings. The van der Waals surface area contributed by atoms with Gasteiger partial charge in [-0.2, -0.15) is 0 Å². The van der Waals surface area contributed by atoms with Crippen LogP contribution in [0.5, 0.6) is 0 Å². The smallest absolute Gasteiger partial charge is 0.323 e. The van der Waals surface area contributed by atoms with Gasteiger partial charge in [-0.05, 0) is 31.0 Å². The summed E-state index contributed by atoms with van der Waals surface area (Å²) in [7, 11) is 0. The Morgan fingerprint density at radius 3 is 2.56 bits per heavy atom. The minimum absolute atomic E-state index is 0.222. The fourth-order valence-corrected chi connectivity index (χ4v) is 1.10. The van der Waals surface area contributed by atoms with Crippen LogP contribution in [0.15, 0.2) is 30.3 Å². The van der Waals surface area contributed by atoms with Crippen molar-refractivity contribution >= 4 is 12.0 Å². The summed E-state index contributed by atoms with van der Waals surface area (Å²) in [6.07, 6.45) is 3.61. The number of hydrogen-bond acceptors (Lipinski definition) is 2. The predicted octanol–water partition coefficient (Wildman–Crippen LogP) is 2.03. The molecule has 0 saturated heterocycles. The van der Waals surface area contributed by atoms with Gasteiger partial charge in [-0.25, -0.2) is 4.39 Å². The third-order valence-electron chi connectivity index (χ3n) is 2.21. The molecule has 4 heteroatoms. The van der Waals surface area contributed by atoms with Crippen LogP contribution in [0.1, 0.15) is 18.9 Å². The van der Waals surface area contributed by atoms with Crippen molar-refractivity contribution in [2.45, 2.75) is 18.9 Å². The predicted molar refractivity (Wildman–Crippen MR) is 60.3 cm³/mol. The molecule has 0 spiro atoms. The SMILES string of the molecule is C[C@](N)(C/C=C/c1ccc(F)cc1)C(=O)O. The van der Waals surface area contributed by atoms with Crippen LogP contribution in [0, 0.1) is 5.82 Å². The summed E-state index contributed by atoms with van der Waals surface area (Å²) in [5.74, 6) is -1.34. The van der Waals surface area contributed by atoms with Crippen molar-refractivity contribution in [3.63, 3.8) is 0 Å². The van der Waals surface area contributed by atoms with E-state index in [1.807, 2.05) is 0 Å². The highest BCUT2D eigenvalue weighted by molar-refractivity contribution is 5.78. The molecular formula is C12H14FNO2. The summed E-state index contributed by atoms with van der Waals surface area (Å²) >= 11 is 0. The molecule has 1 aromatic carbocycles. The maximum Gasteiger partial charge on any atom is 0.323 e. The second-order valence-electron chi connectivity index (χ2n) is 3.88. The molecule has 0 radical (unpaired) electrons. The van der Waals surface area contributed by atoms with Crippen molar-refractivity contribution in [3.05, 3.63) is 41.7 Å². The molecular weight excluding hydrogens is 209 g/mol. The zero-order valence-electron chi connectivity index (χ0n) is 8.98. The van der Waals surface area contributed by atoms with Crippen molar-refractivity contribution in [3.8, 4) is 0 Å². The lowest BCUT2D eigenvalue weighted by molar-refractivity contribution is -0.142. The fraction of sp³-hybridized carbons (Fsp3) is 0.250. The number of carboxylic acid groups (broad SMARTS) is 1. The molecule has 0 heterocycles. The Hall–Kier alpha value is -1.68. The summed E-state index contributed by atoms with van der Waals surface area (Å²) in [4.78, 5) is 10.7. The van der Waals surface area contributed by atoms with Crippen LogP contribution in [0.3, 0.4) is 0 Å². The topological polar surface area (TPSA) is 63.3 Å². The van der Waals surface area contributed by atoms with Crippen LogP contribution in [-0.4, -0.2) is 16.6 Å². The molecule has 0 aliphatic rings. The van der Waals surface area contributed by atoms with Crippen molar-refractivity contribution in [2.75, 3.05) is 0 Å². The zero-order chi connectivity index (χ0) is 12.2. The first kappa shape index (κ1) is 12.4. The van der Waals surface area contributed by atoms with E-state index in [2.05, 4.69) is 0 Å². The Bertz CT molecular complexity index is 396. The largest absolute Gasteiger partial charge is 0.480 e. The first-order valence-electron chi connectivity index (χ1n) is 4.86. The average Bonchev–Trinajstić information content (AvgIpc) is 2.20. The van der Waals surface area contributed by atoms with E-state index in [-0.39, 0.29) is 12.2 Å². The second kappa shape index (κ2) is 4.90. The molecule has 0 unspecified atom stereocenters. The molecule has 1 atom stereocenters. The van der Waals surface area contributed by atoms with Crippen molar-refractivity contribution in [2.24, 2.45) is 5.73 Å². The number of hydrogen-bond donors (Lipinski definition) is 2. The lowest BCUT2D eigenvalue weighted by atomic mass is 9.99. The lowest BCUT2D eigenvalue weighted by Crippen LogP contribution is -2.44. The number of nitrogens with two attached hydrogens (primary N) is 1. The van der Waals surface area contributed by atoms with Gasteiger partial charge in [0.05, 0.1) is 0 Å². The molecule has 0 bridgehead atoms. The first-order valence-corrected chi connectivity index (χ1v) is 4.86. The molecule has 0 aliphatic carbocycles. The zero-order valence-corrected chi connectivity index (χ0v) is 8.98. The number of benzene rings is 1. The number of carbonyl (C=O) groups is 1. The van der Waals surface area contributed by atoms with Gasteiger partial charge in [-0.15, -0.1) is 0 Å². The molecule has 0 saturated carbocycles. The van der Waals surface area contributed by atoms with E-state index in [0.717, 1.165) is 5.56 Å². The molecule has 1 rings (SSSR count). The Morgan fingerprint density at radius 1 is 1.50 bits per heavy atom. The standard InChI is InChI=1S/C12H14FNO2/c1-12(14,11(15)16)8-2-3-9-4-6-10(13)7-5-9/h2-7H,8,14H2,1H3,(H,15,16)/b3-2+/t12-/m0/s1. The Morgan fingerprint density at radius 2 is 2.06 bits per heavy atom. The molecule has 0 amide bonds. The van der Waals surface area contributed by atoms with Crippen LogP contribution in [0.4, 0.5) is 4.39 Å². The Balaban J connectivity index is 2.62. The van der Waals surface area contributed by atoms with Crippen molar-refractivity contribution in [1.29, 1.82) is 0 Å². The van der Waals surface area contributed by atoms with Crippen LogP contribution < -0.4 is 5.73 Å². The van der Waals surface area contributed by atoms with Crippen molar-refractivity contribution < 1.29 is 14.3 Å². The minimum atomic E-state index is -1.27. The van der Waals surface area contributed by atoms with E-state index in [0.29, 0.717) is 0 Å². The van der Waals surface area contributed by atoms with Crippen molar-refractivity contribution in [1.82, 2.24) is 0 Å². The van der Waals surface area contributed by atoms with Gasteiger partial charge in [0.1, 0.15) is 11.4 Å². The second-order valence-corrected chi connectivity index (χ2v) is 3.88. The van der Waals surface area contributed by atoms with Crippen LogP contribution in [-0.2, 0) is 4.79 Å². The summed E-state index contributed by atoms with van der Waals surface area (Å²) in [5.41, 5.74) is 5.08. The molecule has 0 aliphatic heterocycles. The normalized spacial score (nSPS) is 14.9. The van der Waals surface area contributed by atoms with E-state index >= 15 is 0 Å². The van der Waals surface area contributed by atoms with E-state index in [1.165, 1.54) is 19.1 Å². The highest BCUT2D eigenvalue weighted by atomic mass is 19.1. The minimum Gasteiger partial charge on any atom is -0.480 e. The Labute approximate surface area is 93.4 Å². The lowest BCUT2D eigenvalue weighted by Gasteiger charge is -2.16. The third-order valence-corrected chi connectivity index (χ3v) is 2.21. The van der Waals surface area contributed by atoms with Gasteiger partial charge in [0, 0.05) is 0 Å². The highest BCUT2D eigenvalue weighted by Gasteiger charge is 2.25. The molecule has 16 heavy (non-hydrogen) atoms. The van der Waals surface area contributed by atoms with Gasteiger partial charge < -0.3 is 10.8 Å². The summed E-state index contributed by atoms with van der Waals surface area (Å²) in [6, 6.07) is 5.91. The van der Waals surface area contributed by atoms with Gasteiger partial charge in [0.2, 0.25) is 0 Å². The van der Waals surface area contributed by atoms with Crippen LogP contribution in [0.2, 0.25) is 0 Å². The van der Waals surface area contributed by atoms with Crippen LogP contribution >= 0.6 is 0 Å². The van der Waals surface area contributed by atoms with E-state index in [1.54, 1.807) is 24.3 Å². The summed E-state index contributed by atoms with van der Waals surface area (Å²) in [5, 5.41) is 8.77. The number of rotatable bonds is 4. The van der Waals surface area contributed by atoms with E-state index in [9.17, 15) is 9.18 Å². The number of aliphatic carboxylic acids is 1. The highest BCUT2D eigenvalue weighted by Crippen LogP contribution is 2.10. The molecule has 3 nitrogen and oxygen atoms in total. The van der Waals surface area contributed by atoms with Gasteiger partial charge in [-0.3, -0.25) is 4.79 Å². The summed E-state index contributed by atoms with van der Waals surface area (Å²) < 4.78 is 12.6. The van der Waals surface area contributed by atoms with Gasteiger partial charge in [0.15, 0.2) is 0 Å². The monoisotopic (exact) mass is 223 g/mol. The molecule has 0 aromatic heterocycles. The summed E-state index contributed by atoms with van der Waals surface area (Å²) in [6.45, 7) is 1.45. The van der Waals surface area contributed by atoms with Gasteiger partial charge in [0.25, 0.3) is 0 Å². The third kappa shape index (κ3) is 3.47. The molecule has 0 fully saturated rings. The van der Waals surface area contributed by atoms with Gasteiger partial charge >= 0.3 is 5.97 Å². The molecule has 3 N–H and O–H groups in total. The number of carboxylic acids is 1. The number of halogens is 1. The van der Waals surface area contributed by atoms with Crippen LogP contribution in [0.25, 0.3) is 6.08 Å². The maximum atomic E-state index is 12.6. The Kier molecular flexibility index (Phi) is 3.79. The van der Waals surface area contributed by atoms with E-state index in [4.69, 9.17) is 10.8 Å². The first-order chi connectivity index (χ1) is 7.42. The maximum absolute atomic E-state index is 12.6. The van der Waals surface area contributed by atoms with E-state index < -0.39 is 11.5 Å².